The minimum Gasteiger partial charge on any atom is -0.350 e. The summed E-state index contributed by atoms with van der Waals surface area (Å²) in [5, 5.41) is 3.44. The third-order valence-electron chi connectivity index (χ3n) is 3.26. The fourth-order valence-electron chi connectivity index (χ4n) is 2.31. The molecule has 1 unspecified atom stereocenters. The van der Waals surface area contributed by atoms with Crippen molar-refractivity contribution in [2.75, 3.05) is 18.0 Å². The van der Waals surface area contributed by atoms with Crippen molar-refractivity contribution in [1.82, 2.24) is 10.3 Å². The van der Waals surface area contributed by atoms with Crippen LogP contribution in [0.15, 0.2) is 16.7 Å². The zero-order valence-electron chi connectivity index (χ0n) is 10.8. The van der Waals surface area contributed by atoms with Crippen LogP contribution in [0.25, 0.3) is 0 Å². The first-order valence-corrected chi connectivity index (χ1v) is 7.18. The van der Waals surface area contributed by atoms with Gasteiger partial charge in [-0.3, -0.25) is 0 Å². The summed E-state index contributed by atoms with van der Waals surface area (Å²) in [5.41, 5.74) is 0. The molecule has 0 bridgehead atoms. The molecular weight excluding hydrogens is 297 g/mol. The van der Waals surface area contributed by atoms with Crippen molar-refractivity contribution in [1.29, 1.82) is 0 Å². The first-order chi connectivity index (χ1) is 8.58. The van der Waals surface area contributed by atoms with Gasteiger partial charge in [0, 0.05) is 29.3 Å². The van der Waals surface area contributed by atoms with E-state index in [9.17, 15) is 4.39 Å². The SMILES string of the molecule is CC(C)N(CC1CCCN1)c1ncc(Br)cc1F. The third kappa shape index (κ3) is 3.20. The van der Waals surface area contributed by atoms with Crippen molar-refractivity contribution >= 4 is 21.7 Å². The van der Waals surface area contributed by atoms with E-state index in [2.05, 4.69) is 40.1 Å². The largest absolute Gasteiger partial charge is 0.350 e. The zero-order valence-corrected chi connectivity index (χ0v) is 12.4. The highest BCUT2D eigenvalue weighted by atomic mass is 79.9. The molecule has 0 aliphatic carbocycles. The zero-order chi connectivity index (χ0) is 13.1. The van der Waals surface area contributed by atoms with Gasteiger partial charge in [-0.2, -0.15) is 0 Å². The van der Waals surface area contributed by atoms with Gasteiger partial charge < -0.3 is 10.2 Å². The van der Waals surface area contributed by atoms with Crippen LogP contribution < -0.4 is 10.2 Å². The van der Waals surface area contributed by atoms with E-state index in [1.54, 1.807) is 6.20 Å². The smallest absolute Gasteiger partial charge is 0.166 e. The molecule has 1 N–H and O–H groups in total. The second kappa shape index (κ2) is 5.97. The summed E-state index contributed by atoms with van der Waals surface area (Å²) in [5.74, 6) is 0.179. The van der Waals surface area contributed by atoms with Crippen molar-refractivity contribution < 1.29 is 4.39 Å². The van der Waals surface area contributed by atoms with Gasteiger partial charge in [0.25, 0.3) is 0 Å². The molecule has 1 aliphatic rings. The molecule has 3 nitrogen and oxygen atoms in total. The van der Waals surface area contributed by atoms with Crippen molar-refractivity contribution in [3.63, 3.8) is 0 Å². The van der Waals surface area contributed by atoms with Gasteiger partial charge >= 0.3 is 0 Å². The molecule has 0 aromatic carbocycles. The predicted molar refractivity (Wildman–Crippen MR) is 75.4 cm³/mol. The Morgan fingerprint density at radius 1 is 1.61 bits per heavy atom. The standard InChI is InChI=1S/C13H19BrFN3/c1-9(2)18(8-11-4-3-5-16-11)13-12(15)6-10(14)7-17-13/h6-7,9,11,16H,3-5,8H2,1-2H3. The van der Waals surface area contributed by atoms with Crippen molar-refractivity contribution in [3.8, 4) is 0 Å². The van der Waals surface area contributed by atoms with E-state index >= 15 is 0 Å². The maximum Gasteiger partial charge on any atom is 0.166 e. The Labute approximate surface area is 116 Å². The van der Waals surface area contributed by atoms with Crippen LogP contribution in [0.5, 0.6) is 0 Å². The highest BCUT2D eigenvalue weighted by molar-refractivity contribution is 9.10. The van der Waals surface area contributed by atoms with Crippen molar-refractivity contribution in [2.45, 2.75) is 38.8 Å². The Bertz CT molecular complexity index is 405. The van der Waals surface area contributed by atoms with Crippen LogP contribution in [0, 0.1) is 5.82 Å². The number of nitrogens with zero attached hydrogens (tertiary/aromatic N) is 2. The summed E-state index contributed by atoms with van der Waals surface area (Å²) in [7, 11) is 0. The van der Waals surface area contributed by atoms with Gasteiger partial charge in [-0.05, 0) is 55.2 Å². The van der Waals surface area contributed by atoms with Gasteiger partial charge in [0.1, 0.15) is 0 Å². The molecule has 0 spiro atoms. The average molecular weight is 316 g/mol. The minimum absolute atomic E-state index is 0.232. The summed E-state index contributed by atoms with van der Waals surface area (Å²) in [4.78, 5) is 6.25. The first kappa shape index (κ1) is 13.7. The topological polar surface area (TPSA) is 28.2 Å². The molecule has 100 valence electrons. The number of hydrogen-bond acceptors (Lipinski definition) is 3. The molecule has 1 aliphatic heterocycles. The van der Waals surface area contributed by atoms with Crippen LogP contribution in [0.4, 0.5) is 10.2 Å². The van der Waals surface area contributed by atoms with Gasteiger partial charge in [-0.1, -0.05) is 0 Å². The monoisotopic (exact) mass is 315 g/mol. The van der Waals surface area contributed by atoms with Crippen LogP contribution >= 0.6 is 15.9 Å². The highest BCUT2D eigenvalue weighted by Gasteiger charge is 2.22. The van der Waals surface area contributed by atoms with Gasteiger partial charge in [-0.25, -0.2) is 9.37 Å². The molecule has 0 radical (unpaired) electrons. The van der Waals surface area contributed by atoms with Crippen LogP contribution in [0.2, 0.25) is 0 Å². The van der Waals surface area contributed by atoms with Gasteiger partial charge in [-0.15, -0.1) is 0 Å². The number of rotatable bonds is 4. The molecule has 0 saturated carbocycles. The van der Waals surface area contributed by atoms with E-state index < -0.39 is 0 Å². The number of hydrogen-bond donors (Lipinski definition) is 1. The number of halogens is 2. The molecule has 1 fully saturated rings. The van der Waals surface area contributed by atoms with E-state index in [1.807, 2.05) is 4.90 Å². The molecule has 1 aromatic heterocycles. The Kier molecular flexibility index (Phi) is 4.56. The molecule has 0 amide bonds. The quantitative estimate of drug-likeness (QED) is 0.926. The number of nitrogens with one attached hydrogen (secondary N) is 1. The maximum absolute atomic E-state index is 14.0. The van der Waals surface area contributed by atoms with Crippen molar-refractivity contribution in [3.05, 3.63) is 22.6 Å². The molecule has 2 heterocycles. The molecule has 1 saturated heterocycles. The Hall–Kier alpha value is -0.680. The number of aromatic nitrogens is 1. The average Bonchev–Trinajstić information content (AvgIpc) is 2.79. The van der Waals surface area contributed by atoms with E-state index in [-0.39, 0.29) is 11.9 Å². The summed E-state index contributed by atoms with van der Waals surface area (Å²) in [6.45, 7) is 6.01. The summed E-state index contributed by atoms with van der Waals surface area (Å²) < 4.78 is 14.7. The lowest BCUT2D eigenvalue weighted by molar-refractivity contribution is 0.531. The van der Waals surface area contributed by atoms with E-state index in [4.69, 9.17) is 0 Å². The molecule has 2 rings (SSSR count). The normalized spacial score (nSPS) is 19.5. The number of pyridine rings is 1. The van der Waals surface area contributed by atoms with Crippen LogP contribution in [0.1, 0.15) is 26.7 Å². The van der Waals surface area contributed by atoms with E-state index in [0.29, 0.717) is 16.3 Å². The predicted octanol–water partition coefficient (Wildman–Crippen LogP) is 2.95. The van der Waals surface area contributed by atoms with Gasteiger partial charge in [0.2, 0.25) is 0 Å². The Morgan fingerprint density at radius 2 is 2.39 bits per heavy atom. The lowest BCUT2D eigenvalue weighted by Crippen LogP contribution is -2.42. The first-order valence-electron chi connectivity index (χ1n) is 6.39. The number of anilines is 1. The molecule has 1 atom stereocenters. The second-order valence-electron chi connectivity index (χ2n) is 5.00. The minimum atomic E-state index is -0.268. The summed E-state index contributed by atoms with van der Waals surface area (Å²) in [6.07, 6.45) is 4.00. The van der Waals surface area contributed by atoms with Crippen LogP contribution in [0.3, 0.4) is 0 Å². The highest BCUT2D eigenvalue weighted by Crippen LogP contribution is 2.23. The van der Waals surface area contributed by atoms with E-state index in [1.165, 1.54) is 12.5 Å². The van der Waals surface area contributed by atoms with E-state index in [0.717, 1.165) is 19.5 Å². The summed E-state index contributed by atoms with van der Waals surface area (Å²) >= 11 is 3.24. The molecular formula is C13H19BrFN3. The van der Waals surface area contributed by atoms with Gasteiger partial charge in [0.15, 0.2) is 11.6 Å². The third-order valence-corrected chi connectivity index (χ3v) is 3.70. The molecule has 18 heavy (non-hydrogen) atoms. The van der Waals surface area contributed by atoms with Crippen molar-refractivity contribution in [2.24, 2.45) is 0 Å². The Morgan fingerprint density at radius 3 is 2.94 bits per heavy atom. The fraction of sp³-hybridized carbons (Fsp3) is 0.615. The fourth-order valence-corrected chi connectivity index (χ4v) is 2.61. The van der Waals surface area contributed by atoms with Crippen LogP contribution in [-0.4, -0.2) is 30.2 Å². The molecule has 1 aromatic rings. The van der Waals surface area contributed by atoms with Crippen LogP contribution in [-0.2, 0) is 0 Å². The van der Waals surface area contributed by atoms with Gasteiger partial charge in [0.05, 0.1) is 0 Å². The molecule has 5 heteroatoms. The second-order valence-corrected chi connectivity index (χ2v) is 5.91. The lowest BCUT2D eigenvalue weighted by atomic mass is 10.2. The Balaban J connectivity index is 2.17. The summed E-state index contributed by atoms with van der Waals surface area (Å²) in [6, 6.07) is 2.15. The lowest BCUT2D eigenvalue weighted by Gasteiger charge is -2.30. The maximum atomic E-state index is 14.0.